The standard InChI is InChI=1S/C8H17FN2/c1-6(9)4-7(2)11-8(3)5-10/h5-7,11H,4,10H2,1-3H3/b8-5-. The first-order chi connectivity index (χ1) is 5.06. The Bertz CT molecular complexity index is 132. The third-order valence-corrected chi connectivity index (χ3v) is 1.40. The van der Waals surface area contributed by atoms with Crippen LogP contribution >= 0.6 is 0 Å². The molecule has 66 valence electrons. The summed E-state index contributed by atoms with van der Waals surface area (Å²) in [5.74, 6) is 0. The van der Waals surface area contributed by atoms with E-state index in [0.717, 1.165) is 5.70 Å². The molecule has 0 amide bonds. The zero-order valence-electron chi connectivity index (χ0n) is 7.39. The molecule has 3 heteroatoms. The highest BCUT2D eigenvalue weighted by molar-refractivity contribution is 4.93. The van der Waals surface area contributed by atoms with Gasteiger partial charge in [-0.1, -0.05) is 0 Å². The van der Waals surface area contributed by atoms with Crippen molar-refractivity contribution in [1.29, 1.82) is 0 Å². The highest BCUT2D eigenvalue weighted by Gasteiger charge is 2.05. The fourth-order valence-electron chi connectivity index (χ4n) is 0.983. The SMILES string of the molecule is C/C(=C/N)NC(C)CC(C)F. The molecule has 0 heterocycles. The van der Waals surface area contributed by atoms with Gasteiger partial charge < -0.3 is 11.1 Å². The number of nitrogens with one attached hydrogen (secondary N) is 1. The molecule has 3 N–H and O–H groups in total. The molecule has 0 aliphatic carbocycles. The van der Waals surface area contributed by atoms with Crippen LogP contribution in [0.2, 0.25) is 0 Å². The molecule has 0 aromatic heterocycles. The van der Waals surface area contributed by atoms with Gasteiger partial charge in [0.2, 0.25) is 0 Å². The summed E-state index contributed by atoms with van der Waals surface area (Å²) >= 11 is 0. The Labute approximate surface area is 67.7 Å². The molecule has 0 saturated carbocycles. The third kappa shape index (κ3) is 5.70. The zero-order valence-corrected chi connectivity index (χ0v) is 7.39. The van der Waals surface area contributed by atoms with E-state index in [2.05, 4.69) is 5.32 Å². The average molecular weight is 160 g/mol. The molecule has 0 rings (SSSR count). The van der Waals surface area contributed by atoms with E-state index in [1.54, 1.807) is 6.92 Å². The molecule has 0 saturated heterocycles. The summed E-state index contributed by atoms with van der Waals surface area (Å²) in [5, 5.41) is 3.06. The number of allylic oxidation sites excluding steroid dienone is 1. The van der Waals surface area contributed by atoms with Gasteiger partial charge in [0.05, 0.1) is 6.17 Å². The maximum absolute atomic E-state index is 12.4. The Morgan fingerprint density at radius 1 is 1.64 bits per heavy atom. The van der Waals surface area contributed by atoms with Crippen LogP contribution in [-0.2, 0) is 0 Å². The van der Waals surface area contributed by atoms with Crippen molar-refractivity contribution >= 4 is 0 Å². The van der Waals surface area contributed by atoms with Crippen molar-refractivity contribution in [3.8, 4) is 0 Å². The summed E-state index contributed by atoms with van der Waals surface area (Å²) in [5.41, 5.74) is 6.12. The Morgan fingerprint density at radius 2 is 2.18 bits per heavy atom. The lowest BCUT2D eigenvalue weighted by Gasteiger charge is -2.15. The van der Waals surface area contributed by atoms with Crippen molar-refractivity contribution in [2.75, 3.05) is 0 Å². The van der Waals surface area contributed by atoms with Crippen LogP contribution in [0.5, 0.6) is 0 Å². The minimum absolute atomic E-state index is 0.148. The summed E-state index contributed by atoms with van der Waals surface area (Å²) in [6, 6.07) is 0.148. The van der Waals surface area contributed by atoms with Crippen LogP contribution in [0.15, 0.2) is 11.9 Å². The predicted molar refractivity (Wildman–Crippen MR) is 45.7 cm³/mol. The van der Waals surface area contributed by atoms with Crippen LogP contribution in [0, 0.1) is 0 Å². The van der Waals surface area contributed by atoms with E-state index >= 15 is 0 Å². The molecule has 0 aromatic carbocycles. The highest BCUT2D eigenvalue weighted by atomic mass is 19.1. The third-order valence-electron chi connectivity index (χ3n) is 1.40. The first-order valence-corrected chi connectivity index (χ1v) is 3.85. The number of rotatable bonds is 4. The van der Waals surface area contributed by atoms with Gasteiger partial charge in [-0.15, -0.1) is 0 Å². The molecule has 0 aliphatic heterocycles. The minimum atomic E-state index is -0.761. The van der Waals surface area contributed by atoms with Gasteiger partial charge in [-0.3, -0.25) is 0 Å². The summed E-state index contributed by atoms with van der Waals surface area (Å²) in [6.45, 7) is 5.35. The van der Waals surface area contributed by atoms with Gasteiger partial charge in [0.15, 0.2) is 0 Å². The van der Waals surface area contributed by atoms with E-state index in [4.69, 9.17) is 5.73 Å². The van der Waals surface area contributed by atoms with Crippen LogP contribution in [-0.4, -0.2) is 12.2 Å². The van der Waals surface area contributed by atoms with Crippen molar-refractivity contribution in [2.24, 2.45) is 5.73 Å². The van der Waals surface area contributed by atoms with Gasteiger partial charge in [-0.05, 0) is 27.2 Å². The topological polar surface area (TPSA) is 38.0 Å². The smallest absolute Gasteiger partial charge is 0.0993 e. The zero-order chi connectivity index (χ0) is 8.85. The summed E-state index contributed by atoms with van der Waals surface area (Å²) < 4.78 is 12.4. The van der Waals surface area contributed by atoms with Crippen molar-refractivity contribution in [3.63, 3.8) is 0 Å². The van der Waals surface area contributed by atoms with Crippen molar-refractivity contribution in [2.45, 2.75) is 39.4 Å². The molecule has 2 nitrogen and oxygen atoms in total. The lowest BCUT2D eigenvalue weighted by atomic mass is 10.2. The number of alkyl halides is 1. The highest BCUT2D eigenvalue weighted by Crippen LogP contribution is 2.02. The normalized spacial score (nSPS) is 17.6. The monoisotopic (exact) mass is 160 g/mol. The van der Waals surface area contributed by atoms with Crippen LogP contribution in [0.1, 0.15) is 27.2 Å². The minimum Gasteiger partial charge on any atom is -0.403 e. The second-order valence-electron chi connectivity index (χ2n) is 2.91. The summed E-state index contributed by atoms with van der Waals surface area (Å²) in [4.78, 5) is 0. The largest absolute Gasteiger partial charge is 0.403 e. The predicted octanol–water partition coefficient (Wildman–Crippen LogP) is 1.53. The first-order valence-electron chi connectivity index (χ1n) is 3.85. The fourth-order valence-corrected chi connectivity index (χ4v) is 0.983. The molecule has 0 aromatic rings. The molecule has 11 heavy (non-hydrogen) atoms. The molecule has 0 bridgehead atoms. The first kappa shape index (κ1) is 10.3. The van der Waals surface area contributed by atoms with Gasteiger partial charge in [0.25, 0.3) is 0 Å². The molecule has 0 aliphatic rings. The van der Waals surface area contributed by atoms with Crippen LogP contribution < -0.4 is 11.1 Å². The van der Waals surface area contributed by atoms with Gasteiger partial charge in [-0.25, -0.2) is 4.39 Å². The Hall–Kier alpha value is -0.730. The summed E-state index contributed by atoms with van der Waals surface area (Å²) in [7, 11) is 0. The number of hydrogen-bond acceptors (Lipinski definition) is 2. The maximum atomic E-state index is 12.4. The second kappa shape index (κ2) is 4.99. The average Bonchev–Trinajstić information content (AvgIpc) is 1.85. The van der Waals surface area contributed by atoms with Crippen LogP contribution in [0.4, 0.5) is 4.39 Å². The molecule has 0 fully saturated rings. The molecule has 0 radical (unpaired) electrons. The van der Waals surface area contributed by atoms with Crippen LogP contribution in [0.3, 0.4) is 0 Å². The quantitative estimate of drug-likeness (QED) is 0.654. The Kier molecular flexibility index (Phi) is 4.66. The number of nitrogens with two attached hydrogens (primary N) is 1. The van der Waals surface area contributed by atoms with Crippen LogP contribution in [0.25, 0.3) is 0 Å². The van der Waals surface area contributed by atoms with Gasteiger partial charge in [0, 0.05) is 17.9 Å². The van der Waals surface area contributed by atoms with E-state index < -0.39 is 6.17 Å². The van der Waals surface area contributed by atoms with Crippen molar-refractivity contribution in [3.05, 3.63) is 11.9 Å². The molecule has 2 atom stereocenters. The van der Waals surface area contributed by atoms with Gasteiger partial charge in [0.1, 0.15) is 0 Å². The number of halogens is 1. The van der Waals surface area contributed by atoms with E-state index in [9.17, 15) is 4.39 Å². The maximum Gasteiger partial charge on any atom is 0.0993 e. The van der Waals surface area contributed by atoms with Gasteiger partial charge >= 0.3 is 0 Å². The van der Waals surface area contributed by atoms with Gasteiger partial charge in [-0.2, -0.15) is 0 Å². The summed E-state index contributed by atoms with van der Waals surface area (Å²) in [6.07, 6.45) is 1.24. The van der Waals surface area contributed by atoms with E-state index in [-0.39, 0.29) is 6.04 Å². The van der Waals surface area contributed by atoms with E-state index in [1.807, 2.05) is 13.8 Å². The lowest BCUT2D eigenvalue weighted by molar-refractivity contribution is 0.313. The van der Waals surface area contributed by atoms with Crippen molar-refractivity contribution < 1.29 is 4.39 Å². The second-order valence-corrected chi connectivity index (χ2v) is 2.91. The number of hydrogen-bond donors (Lipinski definition) is 2. The van der Waals surface area contributed by atoms with E-state index in [1.165, 1.54) is 6.20 Å². The Balaban J connectivity index is 3.60. The molecule has 0 spiro atoms. The molecular formula is C8H17FN2. The van der Waals surface area contributed by atoms with Crippen molar-refractivity contribution in [1.82, 2.24) is 5.32 Å². The molecular weight excluding hydrogens is 143 g/mol. The molecule has 2 unspecified atom stereocenters. The van der Waals surface area contributed by atoms with E-state index in [0.29, 0.717) is 6.42 Å². The fraction of sp³-hybridized carbons (Fsp3) is 0.750. The lowest BCUT2D eigenvalue weighted by Crippen LogP contribution is -2.27. The Morgan fingerprint density at radius 3 is 2.55 bits per heavy atom.